The standard InChI is InChI=1S/C21H19N3O3/c1-21(16-10-5-8-14-7-3-4-9-15(14)16)19(26)24(20(27)22-21)13-18(25)17-11-6-12-23(17)2/h3-12H,13H2,1-2H3,(H,22,27). The van der Waals surface area contributed by atoms with Crippen LogP contribution in [-0.4, -0.2) is 33.7 Å². The van der Waals surface area contributed by atoms with Crippen LogP contribution in [-0.2, 0) is 17.4 Å². The highest BCUT2D eigenvalue weighted by Gasteiger charge is 2.50. The van der Waals surface area contributed by atoms with Crippen LogP contribution in [0.3, 0.4) is 0 Å². The smallest absolute Gasteiger partial charge is 0.325 e. The number of hydrogen-bond donors (Lipinski definition) is 1. The van der Waals surface area contributed by atoms with Gasteiger partial charge >= 0.3 is 6.03 Å². The predicted molar refractivity (Wildman–Crippen MR) is 101 cm³/mol. The Hall–Kier alpha value is -3.41. The zero-order valence-corrected chi connectivity index (χ0v) is 15.1. The van der Waals surface area contributed by atoms with Crippen molar-refractivity contribution in [1.29, 1.82) is 0 Å². The number of urea groups is 1. The van der Waals surface area contributed by atoms with Crippen molar-refractivity contribution in [3.05, 3.63) is 72.1 Å². The molecule has 0 spiro atoms. The number of carbonyl (C=O) groups is 3. The van der Waals surface area contributed by atoms with Crippen LogP contribution in [0.25, 0.3) is 10.8 Å². The molecule has 1 unspecified atom stereocenters. The minimum Gasteiger partial charge on any atom is -0.348 e. The van der Waals surface area contributed by atoms with Crippen molar-refractivity contribution in [2.45, 2.75) is 12.5 Å². The highest BCUT2D eigenvalue weighted by Crippen LogP contribution is 2.33. The number of amides is 3. The van der Waals surface area contributed by atoms with E-state index in [1.54, 1.807) is 36.9 Å². The minimum atomic E-state index is -1.22. The molecule has 2 heterocycles. The van der Waals surface area contributed by atoms with Crippen molar-refractivity contribution in [2.75, 3.05) is 6.54 Å². The molecule has 1 atom stereocenters. The zero-order chi connectivity index (χ0) is 19.2. The highest BCUT2D eigenvalue weighted by molar-refractivity contribution is 6.12. The number of carbonyl (C=O) groups excluding carboxylic acids is 3. The van der Waals surface area contributed by atoms with Gasteiger partial charge in [-0.05, 0) is 35.4 Å². The molecule has 1 N–H and O–H groups in total. The summed E-state index contributed by atoms with van der Waals surface area (Å²) in [5.74, 6) is -0.709. The van der Waals surface area contributed by atoms with Gasteiger partial charge in [0.2, 0.25) is 0 Å². The first kappa shape index (κ1) is 17.0. The summed E-state index contributed by atoms with van der Waals surface area (Å²) in [4.78, 5) is 39.2. The van der Waals surface area contributed by atoms with E-state index in [1.165, 1.54) is 0 Å². The summed E-state index contributed by atoms with van der Waals surface area (Å²) in [7, 11) is 1.75. The predicted octanol–water partition coefficient (Wildman–Crippen LogP) is 2.83. The SMILES string of the molecule is Cn1cccc1C(=O)CN1C(=O)NC(C)(c2cccc3ccccc23)C1=O. The van der Waals surface area contributed by atoms with Gasteiger partial charge in [0.1, 0.15) is 5.54 Å². The number of aromatic nitrogens is 1. The average molecular weight is 361 g/mol. The van der Waals surface area contributed by atoms with E-state index < -0.39 is 17.5 Å². The lowest BCUT2D eigenvalue weighted by Gasteiger charge is -2.24. The summed E-state index contributed by atoms with van der Waals surface area (Å²) in [6.45, 7) is 1.39. The Kier molecular flexibility index (Phi) is 3.84. The van der Waals surface area contributed by atoms with Gasteiger partial charge in [-0.15, -0.1) is 0 Å². The van der Waals surface area contributed by atoms with E-state index in [0.29, 0.717) is 11.3 Å². The number of fused-ring (bicyclic) bond motifs is 1. The third-order valence-electron chi connectivity index (χ3n) is 5.13. The van der Waals surface area contributed by atoms with E-state index in [9.17, 15) is 14.4 Å². The number of benzene rings is 2. The molecule has 3 amide bonds. The van der Waals surface area contributed by atoms with Crippen LogP contribution in [0.4, 0.5) is 4.79 Å². The number of nitrogens with one attached hydrogen (secondary N) is 1. The Morgan fingerprint density at radius 3 is 2.52 bits per heavy atom. The fourth-order valence-corrected chi connectivity index (χ4v) is 3.66. The molecule has 6 nitrogen and oxygen atoms in total. The Bertz CT molecular complexity index is 1080. The lowest BCUT2D eigenvalue weighted by Crippen LogP contribution is -2.41. The molecule has 27 heavy (non-hydrogen) atoms. The molecule has 0 saturated carbocycles. The summed E-state index contributed by atoms with van der Waals surface area (Å²) >= 11 is 0. The Labute approximate surface area is 156 Å². The van der Waals surface area contributed by atoms with Crippen LogP contribution in [0.15, 0.2) is 60.8 Å². The van der Waals surface area contributed by atoms with Gasteiger partial charge in [0.15, 0.2) is 5.78 Å². The van der Waals surface area contributed by atoms with Gasteiger partial charge in [-0.1, -0.05) is 42.5 Å². The maximum absolute atomic E-state index is 13.2. The van der Waals surface area contributed by atoms with Crippen molar-refractivity contribution in [3.63, 3.8) is 0 Å². The molecule has 1 fully saturated rings. The molecule has 0 radical (unpaired) electrons. The molecule has 3 aromatic rings. The molecule has 0 bridgehead atoms. The number of Topliss-reactive ketones (excluding diaryl/α,β-unsaturated/α-hetero) is 1. The van der Waals surface area contributed by atoms with Gasteiger partial charge in [0.05, 0.1) is 12.2 Å². The summed E-state index contributed by atoms with van der Waals surface area (Å²) in [5, 5.41) is 4.66. The van der Waals surface area contributed by atoms with Gasteiger partial charge < -0.3 is 9.88 Å². The number of rotatable bonds is 4. The van der Waals surface area contributed by atoms with Crippen LogP contribution in [0.1, 0.15) is 23.0 Å². The van der Waals surface area contributed by atoms with E-state index in [4.69, 9.17) is 0 Å². The first-order chi connectivity index (χ1) is 12.9. The molecule has 2 aromatic carbocycles. The molecular formula is C21H19N3O3. The molecule has 6 heteroatoms. The van der Waals surface area contributed by atoms with Crippen molar-refractivity contribution in [1.82, 2.24) is 14.8 Å². The minimum absolute atomic E-state index is 0.284. The second kappa shape index (κ2) is 6.09. The maximum atomic E-state index is 13.2. The Balaban J connectivity index is 1.69. The zero-order valence-electron chi connectivity index (χ0n) is 15.1. The lowest BCUT2D eigenvalue weighted by atomic mass is 9.88. The third kappa shape index (κ3) is 2.61. The van der Waals surface area contributed by atoms with Crippen molar-refractivity contribution in [2.24, 2.45) is 7.05 Å². The average Bonchev–Trinajstić information content (AvgIpc) is 3.18. The largest absolute Gasteiger partial charge is 0.348 e. The van der Waals surface area contributed by atoms with Crippen molar-refractivity contribution >= 4 is 28.5 Å². The number of hydrogen-bond acceptors (Lipinski definition) is 3. The van der Waals surface area contributed by atoms with Gasteiger partial charge in [0.25, 0.3) is 5.91 Å². The summed E-state index contributed by atoms with van der Waals surface area (Å²) in [6.07, 6.45) is 1.75. The third-order valence-corrected chi connectivity index (χ3v) is 5.13. The summed E-state index contributed by atoms with van der Waals surface area (Å²) in [6, 6.07) is 16.2. The van der Waals surface area contributed by atoms with Gasteiger partial charge in [0, 0.05) is 13.2 Å². The first-order valence-electron chi connectivity index (χ1n) is 8.69. The molecule has 1 aromatic heterocycles. The fourth-order valence-electron chi connectivity index (χ4n) is 3.66. The molecule has 4 rings (SSSR count). The lowest BCUT2D eigenvalue weighted by molar-refractivity contribution is -0.130. The van der Waals surface area contributed by atoms with Crippen LogP contribution in [0, 0.1) is 0 Å². The molecular weight excluding hydrogens is 342 g/mol. The topological polar surface area (TPSA) is 71.4 Å². The number of ketones is 1. The molecule has 1 saturated heterocycles. The van der Waals surface area contributed by atoms with E-state index in [-0.39, 0.29) is 12.3 Å². The van der Waals surface area contributed by atoms with Crippen LogP contribution >= 0.6 is 0 Å². The van der Waals surface area contributed by atoms with Gasteiger partial charge in [-0.2, -0.15) is 0 Å². The second-order valence-electron chi connectivity index (χ2n) is 6.90. The first-order valence-corrected chi connectivity index (χ1v) is 8.69. The Morgan fingerprint density at radius 1 is 1.04 bits per heavy atom. The highest BCUT2D eigenvalue weighted by atomic mass is 16.2. The molecule has 1 aliphatic rings. The van der Waals surface area contributed by atoms with Crippen molar-refractivity contribution < 1.29 is 14.4 Å². The van der Waals surface area contributed by atoms with Crippen molar-refractivity contribution in [3.8, 4) is 0 Å². The normalized spacial score (nSPS) is 19.6. The molecule has 136 valence electrons. The van der Waals surface area contributed by atoms with Gasteiger partial charge in [-0.3, -0.25) is 14.5 Å². The summed E-state index contributed by atoms with van der Waals surface area (Å²) in [5.41, 5.74) is -0.0472. The second-order valence-corrected chi connectivity index (χ2v) is 6.90. The van der Waals surface area contributed by atoms with Crippen LogP contribution < -0.4 is 5.32 Å². The summed E-state index contributed by atoms with van der Waals surface area (Å²) < 4.78 is 1.67. The van der Waals surface area contributed by atoms with E-state index in [1.807, 2.05) is 42.5 Å². The number of imide groups is 1. The Morgan fingerprint density at radius 2 is 1.78 bits per heavy atom. The quantitative estimate of drug-likeness (QED) is 0.574. The number of aryl methyl sites for hydroxylation is 1. The monoisotopic (exact) mass is 361 g/mol. The van der Waals surface area contributed by atoms with Crippen LogP contribution in [0.5, 0.6) is 0 Å². The van der Waals surface area contributed by atoms with E-state index in [0.717, 1.165) is 15.7 Å². The molecule has 1 aliphatic heterocycles. The maximum Gasteiger partial charge on any atom is 0.325 e. The van der Waals surface area contributed by atoms with Gasteiger partial charge in [-0.25, -0.2) is 4.79 Å². The van der Waals surface area contributed by atoms with E-state index >= 15 is 0 Å². The molecule has 0 aliphatic carbocycles. The fraction of sp³-hybridized carbons (Fsp3) is 0.190. The van der Waals surface area contributed by atoms with Crippen LogP contribution in [0.2, 0.25) is 0 Å². The number of nitrogens with zero attached hydrogens (tertiary/aromatic N) is 2. The van der Waals surface area contributed by atoms with E-state index in [2.05, 4.69) is 5.32 Å².